The summed E-state index contributed by atoms with van der Waals surface area (Å²) in [6.07, 6.45) is 6.57. The second kappa shape index (κ2) is 4.42. The van der Waals surface area contributed by atoms with Crippen LogP contribution in [0.5, 0.6) is 0 Å². The number of allylic oxidation sites excluding steroid dienone is 2. The van der Waals surface area contributed by atoms with Gasteiger partial charge in [0.25, 0.3) is 0 Å². The van der Waals surface area contributed by atoms with E-state index in [1.54, 1.807) is 34.9 Å². The fourth-order valence-corrected chi connectivity index (χ4v) is 2.59. The van der Waals surface area contributed by atoms with Gasteiger partial charge in [0.2, 0.25) is 5.78 Å². The molecule has 0 spiro atoms. The van der Waals surface area contributed by atoms with Crippen LogP contribution in [0.3, 0.4) is 0 Å². The highest BCUT2D eigenvalue weighted by molar-refractivity contribution is 6.00. The molecule has 2 unspecified atom stereocenters. The highest BCUT2D eigenvalue weighted by Gasteiger charge is 2.33. The minimum Gasteiger partial charge on any atom is -0.486 e. The van der Waals surface area contributed by atoms with Gasteiger partial charge in [0.05, 0.1) is 17.9 Å². The number of aliphatic carboxylic acids is 1. The average Bonchev–Trinajstić information content (AvgIpc) is 2.99. The van der Waals surface area contributed by atoms with E-state index in [1.807, 2.05) is 0 Å². The molecule has 0 amide bonds. The van der Waals surface area contributed by atoms with Gasteiger partial charge in [0, 0.05) is 12.2 Å². The molecule has 1 N–H and O–H groups in total. The Kier molecular flexibility index (Phi) is 2.74. The first-order valence-corrected chi connectivity index (χ1v) is 6.13. The van der Waals surface area contributed by atoms with Crippen LogP contribution >= 0.6 is 0 Å². The molecule has 5 nitrogen and oxygen atoms in total. The zero-order valence-electron chi connectivity index (χ0n) is 10.2. The van der Waals surface area contributed by atoms with Crippen molar-refractivity contribution in [1.29, 1.82) is 0 Å². The van der Waals surface area contributed by atoms with Gasteiger partial charge in [0.1, 0.15) is 0 Å². The normalized spacial score (nSPS) is 24.0. The predicted octanol–water partition coefficient (Wildman–Crippen LogP) is 1.71. The first kappa shape index (κ1) is 11.8. The second-order valence-corrected chi connectivity index (χ2v) is 4.61. The predicted molar refractivity (Wildman–Crippen MR) is 66.9 cm³/mol. The molecule has 0 radical (unpaired) electrons. The number of hydrogen-bond acceptors (Lipinski definition) is 3. The number of ketones is 1. The van der Waals surface area contributed by atoms with Crippen LogP contribution in [0.4, 0.5) is 0 Å². The Morgan fingerprint density at radius 2 is 2.16 bits per heavy atom. The van der Waals surface area contributed by atoms with E-state index in [9.17, 15) is 9.59 Å². The van der Waals surface area contributed by atoms with E-state index in [2.05, 4.69) is 0 Å². The van der Waals surface area contributed by atoms with Crippen molar-refractivity contribution in [3.63, 3.8) is 0 Å². The zero-order valence-corrected chi connectivity index (χ0v) is 10.2. The molecule has 0 aliphatic carbocycles. The van der Waals surface area contributed by atoms with Gasteiger partial charge in [-0.3, -0.25) is 9.59 Å². The van der Waals surface area contributed by atoms with Crippen LogP contribution in [0.25, 0.3) is 0 Å². The maximum Gasteiger partial charge on any atom is 0.312 e. The number of hydrogen-bond donors (Lipinski definition) is 1. The third-order valence-electron chi connectivity index (χ3n) is 3.52. The molecular formula is C14H13NO4. The summed E-state index contributed by atoms with van der Waals surface area (Å²) >= 11 is 0. The Morgan fingerprint density at radius 3 is 2.84 bits per heavy atom. The van der Waals surface area contributed by atoms with Crippen LogP contribution in [-0.4, -0.2) is 27.5 Å². The molecule has 98 valence electrons. The third-order valence-corrected chi connectivity index (χ3v) is 3.52. The van der Waals surface area contributed by atoms with Gasteiger partial charge >= 0.3 is 5.97 Å². The number of aromatic nitrogens is 1. The van der Waals surface area contributed by atoms with E-state index < -0.39 is 18.0 Å². The van der Waals surface area contributed by atoms with Gasteiger partial charge in [0.15, 0.2) is 6.10 Å². The number of ether oxygens (including phenoxy) is 1. The van der Waals surface area contributed by atoms with Crippen molar-refractivity contribution in [3.05, 3.63) is 48.0 Å². The van der Waals surface area contributed by atoms with Crippen LogP contribution < -0.4 is 0 Å². The van der Waals surface area contributed by atoms with Crippen molar-refractivity contribution in [2.75, 3.05) is 0 Å². The summed E-state index contributed by atoms with van der Waals surface area (Å²) in [5, 5.41) is 9.11. The number of carbonyl (C=O) groups is 2. The molecule has 0 saturated heterocycles. The van der Waals surface area contributed by atoms with Crippen molar-refractivity contribution in [2.24, 2.45) is 0 Å². The smallest absolute Gasteiger partial charge is 0.312 e. The number of fused-ring (bicyclic) bond motifs is 1. The third kappa shape index (κ3) is 1.87. The largest absolute Gasteiger partial charge is 0.486 e. The molecule has 0 bridgehead atoms. The summed E-state index contributed by atoms with van der Waals surface area (Å²) in [5.74, 6) is -1.49. The summed E-state index contributed by atoms with van der Waals surface area (Å²) in [5.41, 5.74) is 1.22. The minimum absolute atomic E-state index is 0.141. The topological polar surface area (TPSA) is 68.5 Å². The number of nitrogens with zero attached hydrogens (tertiary/aromatic N) is 1. The second-order valence-electron chi connectivity index (χ2n) is 4.61. The number of carbonyl (C=O) groups excluding carboxylic acids is 1. The van der Waals surface area contributed by atoms with Crippen molar-refractivity contribution in [2.45, 2.75) is 25.0 Å². The first-order chi connectivity index (χ1) is 9.18. The lowest BCUT2D eigenvalue weighted by molar-refractivity contribution is -0.138. The monoisotopic (exact) mass is 259 g/mol. The molecule has 0 saturated carbocycles. The average molecular weight is 259 g/mol. The van der Waals surface area contributed by atoms with Crippen molar-refractivity contribution >= 4 is 11.8 Å². The molecule has 3 heterocycles. The van der Waals surface area contributed by atoms with E-state index in [0.29, 0.717) is 24.4 Å². The summed E-state index contributed by atoms with van der Waals surface area (Å²) < 4.78 is 7.04. The highest BCUT2D eigenvalue weighted by Crippen LogP contribution is 2.31. The zero-order chi connectivity index (χ0) is 13.4. The van der Waals surface area contributed by atoms with Crippen molar-refractivity contribution < 1.29 is 19.4 Å². The standard InChI is InChI=1S/C14H13NO4/c16-13(12-3-1-2-8-19-12)11-5-4-10-9(14(17)18)6-7-15(10)11/h1-5,8-9,12H,6-7H2,(H,17,18). The van der Waals surface area contributed by atoms with E-state index in [-0.39, 0.29) is 5.78 Å². The van der Waals surface area contributed by atoms with E-state index >= 15 is 0 Å². The molecule has 1 aromatic rings. The van der Waals surface area contributed by atoms with Crippen LogP contribution in [0.1, 0.15) is 28.5 Å². The number of Topliss-reactive ketones (excluding diaryl/α,β-unsaturated/α-hetero) is 1. The Balaban J connectivity index is 1.89. The van der Waals surface area contributed by atoms with E-state index in [4.69, 9.17) is 9.84 Å². The van der Waals surface area contributed by atoms with Crippen LogP contribution in [0.2, 0.25) is 0 Å². The van der Waals surface area contributed by atoms with Crippen molar-refractivity contribution in [1.82, 2.24) is 4.57 Å². The molecule has 0 aromatic carbocycles. The van der Waals surface area contributed by atoms with Crippen LogP contribution in [-0.2, 0) is 16.1 Å². The molecule has 2 atom stereocenters. The first-order valence-electron chi connectivity index (χ1n) is 6.13. The summed E-state index contributed by atoms with van der Waals surface area (Å²) in [6, 6.07) is 3.41. The molecule has 19 heavy (non-hydrogen) atoms. The summed E-state index contributed by atoms with van der Waals surface area (Å²) in [6.45, 7) is 0.562. The fraction of sp³-hybridized carbons (Fsp3) is 0.286. The van der Waals surface area contributed by atoms with Gasteiger partial charge in [-0.1, -0.05) is 6.08 Å². The Hall–Kier alpha value is -2.30. The summed E-state index contributed by atoms with van der Waals surface area (Å²) in [7, 11) is 0. The van der Waals surface area contributed by atoms with E-state index in [0.717, 1.165) is 0 Å². The minimum atomic E-state index is -0.840. The SMILES string of the molecule is O=C(c1ccc2n1CCC2C(=O)O)C1C=CC=CO1. The number of carboxylic acids is 1. The van der Waals surface area contributed by atoms with Gasteiger partial charge in [-0.25, -0.2) is 0 Å². The molecule has 1 aromatic heterocycles. The lowest BCUT2D eigenvalue weighted by atomic mass is 10.1. The van der Waals surface area contributed by atoms with Crippen LogP contribution in [0.15, 0.2) is 36.6 Å². The Morgan fingerprint density at radius 1 is 1.32 bits per heavy atom. The molecule has 5 heteroatoms. The number of rotatable bonds is 3. The van der Waals surface area contributed by atoms with E-state index in [1.165, 1.54) is 6.26 Å². The highest BCUT2D eigenvalue weighted by atomic mass is 16.5. The molecule has 3 rings (SSSR count). The Bertz CT molecular complexity index is 597. The summed E-state index contributed by atoms with van der Waals surface area (Å²) in [4.78, 5) is 23.4. The quantitative estimate of drug-likeness (QED) is 0.839. The molecule has 2 aliphatic rings. The molecular weight excluding hydrogens is 246 g/mol. The van der Waals surface area contributed by atoms with Crippen molar-refractivity contribution in [3.8, 4) is 0 Å². The maximum atomic E-state index is 12.3. The van der Waals surface area contributed by atoms with Gasteiger partial charge < -0.3 is 14.4 Å². The molecule has 2 aliphatic heterocycles. The van der Waals surface area contributed by atoms with Gasteiger partial charge in [-0.2, -0.15) is 0 Å². The molecule has 0 fully saturated rings. The fourth-order valence-electron chi connectivity index (χ4n) is 2.59. The van der Waals surface area contributed by atoms with Crippen LogP contribution in [0, 0.1) is 0 Å². The lowest BCUT2D eigenvalue weighted by Gasteiger charge is -2.14. The Labute approximate surface area is 109 Å². The van der Waals surface area contributed by atoms with Gasteiger partial charge in [-0.15, -0.1) is 0 Å². The van der Waals surface area contributed by atoms with Gasteiger partial charge in [-0.05, 0) is 30.7 Å². The number of carboxylic acid groups (broad SMARTS) is 1. The lowest BCUT2D eigenvalue weighted by Crippen LogP contribution is -2.23. The maximum absolute atomic E-state index is 12.3.